The summed E-state index contributed by atoms with van der Waals surface area (Å²) in [5.74, 6) is -0.757. The van der Waals surface area contributed by atoms with Crippen molar-refractivity contribution in [3.8, 4) is 0 Å². The number of hydrogen-bond acceptors (Lipinski definition) is 5. The van der Waals surface area contributed by atoms with Gasteiger partial charge in [0.1, 0.15) is 5.82 Å². The van der Waals surface area contributed by atoms with Crippen molar-refractivity contribution in [2.45, 2.75) is 25.3 Å². The monoisotopic (exact) mass is 496 g/mol. The first kappa shape index (κ1) is 24.7. The molecule has 1 aliphatic heterocycles. The van der Waals surface area contributed by atoms with Gasteiger partial charge in [0.2, 0.25) is 0 Å². The molecule has 9 heteroatoms. The maximum absolute atomic E-state index is 13.4. The third-order valence-electron chi connectivity index (χ3n) is 6.09. The smallest absolute Gasteiger partial charge is 0.261 e. The van der Waals surface area contributed by atoms with E-state index >= 15 is 0 Å². The van der Waals surface area contributed by atoms with Crippen LogP contribution >= 0.6 is 0 Å². The molecule has 7 nitrogen and oxygen atoms in total. The molecule has 184 valence electrons. The highest BCUT2D eigenvalue weighted by molar-refractivity contribution is 7.92. The summed E-state index contributed by atoms with van der Waals surface area (Å²) in [6, 6.07) is 16.0. The number of anilines is 2. The second-order valence-corrected chi connectivity index (χ2v) is 10.3. The van der Waals surface area contributed by atoms with Crippen LogP contribution in [0.3, 0.4) is 0 Å². The second kappa shape index (κ2) is 10.5. The molecule has 0 saturated carbocycles. The summed E-state index contributed by atoms with van der Waals surface area (Å²) in [5, 5.41) is 6.05. The van der Waals surface area contributed by atoms with Crippen LogP contribution in [-0.2, 0) is 16.6 Å². The van der Waals surface area contributed by atoms with Gasteiger partial charge in [0, 0.05) is 38.3 Å². The molecule has 0 spiro atoms. The molecule has 1 aliphatic rings. The minimum absolute atomic E-state index is 0.153. The molecule has 3 N–H and O–H groups in total. The van der Waals surface area contributed by atoms with Crippen LogP contribution in [0.15, 0.2) is 65.6 Å². The van der Waals surface area contributed by atoms with Gasteiger partial charge in [-0.3, -0.25) is 9.52 Å². The number of hydrogen-bond donors (Lipinski definition) is 3. The van der Waals surface area contributed by atoms with Crippen molar-refractivity contribution in [3.05, 3.63) is 88.7 Å². The van der Waals surface area contributed by atoms with Gasteiger partial charge in [-0.25, -0.2) is 12.8 Å². The molecule has 0 atom stereocenters. The minimum atomic E-state index is -3.88. The molecule has 35 heavy (non-hydrogen) atoms. The Morgan fingerprint density at radius 1 is 1.00 bits per heavy atom. The van der Waals surface area contributed by atoms with Crippen LogP contribution in [0.2, 0.25) is 0 Å². The number of piperazine rings is 1. The Balaban J connectivity index is 1.62. The summed E-state index contributed by atoms with van der Waals surface area (Å²) in [4.78, 5) is 15.1. The zero-order valence-corrected chi connectivity index (χ0v) is 20.6. The van der Waals surface area contributed by atoms with E-state index in [0.29, 0.717) is 35.6 Å². The molecule has 0 bridgehead atoms. The second-order valence-electron chi connectivity index (χ2n) is 8.63. The van der Waals surface area contributed by atoms with Crippen molar-refractivity contribution >= 4 is 27.3 Å². The van der Waals surface area contributed by atoms with Crippen LogP contribution in [-0.4, -0.2) is 40.5 Å². The van der Waals surface area contributed by atoms with E-state index in [0.717, 1.165) is 24.2 Å². The van der Waals surface area contributed by atoms with Crippen molar-refractivity contribution in [2.24, 2.45) is 0 Å². The average molecular weight is 497 g/mol. The molecule has 1 amide bonds. The van der Waals surface area contributed by atoms with E-state index in [1.165, 1.54) is 12.1 Å². The summed E-state index contributed by atoms with van der Waals surface area (Å²) >= 11 is 0. The number of amides is 1. The van der Waals surface area contributed by atoms with Crippen molar-refractivity contribution in [1.29, 1.82) is 0 Å². The van der Waals surface area contributed by atoms with Gasteiger partial charge in [-0.2, -0.15) is 0 Å². The number of carbonyl (C=O) groups excluding carboxylic acids is 1. The van der Waals surface area contributed by atoms with Crippen molar-refractivity contribution in [1.82, 2.24) is 10.6 Å². The average Bonchev–Trinajstić information content (AvgIpc) is 2.84. The van der Waals surface area contributed by atoms with Crippen molar-refractivity contribution < 1.29 is 17.6 Å². The molecule has 0 unspecified atom stereocenters. The van der Waals surface area contributed by atoms with Gasteiger partial charge in [-0.15, -0.1) is 0 Å². The zero-order chi connectivity index (χ0) is 25.0. The Bertz CT molecular complexity index is 1340. The van der Waals surface area contributed by atoms with Crippen LogP contribution in [0.5, 0.6) is 0 Å². The van der Waals surface area contributed by atoms with Gasteiger partial charge >= 0.3 is 0 Å². The number of sulfonamides is 1. The van der Waals surface area contributed by atoms with E-state index in [-0.39, 0.29) is 23.2 Å². The molecule has 0 radical (unpaired) electrons. The van der Waals surface area contributed by atoms with Crippen LogP contribution < -0.4 is 20.3 Å². The predicted molar refractivity (Wildman–Crippen MR) is 136 cm³/mol. The highest BCUT2D eigenvalue weighted by Gasteiger charge is 2.22. The third kappa shape index (κ3) is 5.98. The maximum atomic E-state index is 13.4. The molecular weight excluding hydrogens is 467 g/mol. The van der Waals surface area contributed by atoms with Gasteiger partial charge in [0.05, 0.1) is 16.3 Å². The van der Waals surface area contributed by atoms with Crippen molar-refractivity contribution in [3.63, 3.8) is 0 Å². The number of nitrogens with one attached hydrogen (secondary N) is 3. The summed E-state index contributed by atoms with van der Waals surface area (Å²) in [7, 11) is -3.88. The Labute approximate surface area is 205 Å². The lowest BCUT2D eigenvalue weighted by Crippen LogP contribution is -2.43. The van der Waals surface area contributed by atoms with Crippen LogP contribution in [0.4, 0.5) is 15.8 Å². The SMILES string of the molecule is Cc1ccc(S(=O)(=O)Nc2cc(C(=O)NCc3cccc(F)c3)ccc2N2CCNCC2)cc1C. The Morgan fingerprint density at radius 3 is 2.49 bits per heavy atom. The molecule has 3 aromatic rings. The van der Waals surface area contributed by atoms with Crippen molar-refractivity contribution in [2.75, 3.05) is 35.8 Å². The van der Waals surface area contributed by atoms with Crippen LogP contribution in [0.25, 0.3) is 0 Å². The molecule has 4 rings (SSSR count). The number of halogens is 1. The lowest BCUT2D eigenvalue weighted by molar-refractivity contribution is 0.0951. The fourth-order valence-corrected chi connectivity index (χ4v) is 5.11. The fraction of sp³-hybridized carbons (Fsp3) is 0.269. The number of aryl methyl sites for hydroxylation is 2. The quantitative estimate of drug-likeness (QED) is 0.465. The molecule has 3 aromatic carbocycles. The molecular formula is C26H29FN4O3S. The largest absolute Gasteiger partial charge is 0.367 e. The van der Waals surface area contributed by atoms with Gasteiger partial charge in [0.25, 0.3) is 15.9 Å². The van der Waals surface area contributed by atoms with Gasteiger partial charge in [0.15, 0.2) is 0 Å². The highest BCUT2D eigenvalue weighted by Crippen LogP contribution is 2.30. The summed E-state index contributed by atoms with van der Waals surface area (Å²) in [6.07, 6.45) is 0. The Kier molecular flexibility index (Phi) is 7.37. The minimum Gasteiger partial charge on any atom is -0.367 e. The van der Waals surface area contributed by atoms with E-state index in [1.54, 1.807) is 48.5 Å². The highest BCUT2D eigenvalue weighted by atomic mass is 32.2. The number of benzene rings is 3. The number of rotatable bonds is 7. The zero-order valence-electron chi connectivity index (χ0n) is 19.8. The van der Waals surface area contributed by atoms with E-state index in [4.69, 9.17) is 0 Å². The topological polar surface area (TPSA) is 90.5 Å². The molecule has 1 saturated heterocycles. The van der Waals surface area contributed by atoms with Gasteiger partial charge < -0.3 is 15.5 Å². The van der Waals surface area contributed by atoms with E-state index in [9.17, 15) is 17.6 Å². The van der Waals surface area contributed by atoms with Gasteiger partial charge in [-0.05, 0) is 73.0 Å². The Morgan fingerprint density at radius 2 is 1.77 bits per heavy atom. The first-order valence-electron chi connectivity index (χ1n) is 11.5. The fourth-order valence-electron chi connectivity index (χ4n) is 3.96. The third-order valence-corrected chi connectivity index (χ3v) is 7.45. The first-order valence-corrected chi connectivity index (χ1v) is 12.9. The molecule has 1 heterocycles. The number of nitrogens with zero attached hydrogens (tertiary/aromatic N) is 1. The molecule has 0 aromatic heterocycles. The number of carbonyl (C=O) groups is 1. The van der Waals surface area contributed by atoms with Crippen LogP contribution in [0, 0.1) is 19.7 Å². The van der Waals surface area contributed by atoms with E-state index in [2.05, 4.69) is 20.3 Å². The lowest BCUT2D eigenvalue weighted by Gasteiger charge is -2.31. The normalized spacial score (nSPS) is 14.0. The summed E-state index contributed by atoms with van der Waals surface area (Å²) < 4.78 is 42.6. The predicted octanol–water partition coefficient (Wildman–Crippen LogP) is 3.58. The lowest BCUT2D eigenvalue weighted by atomic mass is 10.1. The van der Waals surface area contributed by atoms with E-state index in [1.807, 2.05) is 13.8 Å². The maximum Gasteiger partial charge on any atom is 0.261 e. The summed E-state index contributed by atoms with van der Waals surface area (Å²) in [6.45, 7) is 6.92. The van der Waals surface area contributed by atoms with Gasteiger partial charge in [-0.1, -0.05) is 18.2 Å². The molecule has 0 aliphatic carbocycles. The standard InChI is InChI=1S/C26H29FN4O3S/c1-18-6-8-23(14-19(18)2)35(33,34)30-24-16-21(7-9-25(24)31-12-10-28-11-13-31)26(32)29-17-20-4-3-5-22(27)15-20/h3-9,14-16,28,30H,10-13,17H2,1-2H3,(H,29,32). The molecule has 1 fully saturated rings. The van der Waals surface area contributed by atoms with Crippen LogP contribution in [0.1, 0.15) is 27.0 Å². The Hall–Kier alpha value is -3.43. The summed E-state index contributed by atoms with van der Waals surface area (Å²) in [5.41, 5.74) is 3.86. The van der Waals surface area contributed by atoms with E-state index < -0.39 is 10.0 Å². The first-order chi connectivity index (χ1) is 16.7.